The van der Waals surface area contributed by atoms with Gasteiger partial charge < -0.3 is 16.3 Å². The Bertz CT molecular complexity index is 436. The SMILES string of the molecule is Cn1nccc1CNC(=O)C(C)(C)/C(N)=N/O. The third kappa shape index (κ3) is 2.74. The van der Waals surface area contributed by atoms with Crippen molar-refractivity contribution >= 4 is 11.7 Å². The Morgan fingerprint density at radius 2 is 2.35 bits per heavy atom. The van der Waals surface area contributed by atoms with Gasteiger partial charge >= 0.3 is 0 Å². The minimum atomic E-state index is -1.05. The first-order valence-corrected chi connectivity index (χ1v) is 5.12. The number of nitrogens with zero attached hydrogens (tertiary/aromatic N) is 3. The molecule has 0 saturated heterocycles. The van der Waals surface area contributed by atoms with E-state index in [-0.39, 0.29) is 11.7 Å². The topological polar surface area (TPSA) is 106 Å². The molecule has 0 unspecified atom stereocenters. The fourth-order valence-corrected chi connectivity index (χ4v) is 1.21. The first-order valence-electron chi connectivity index (χ1n) is 5.12. The highest BCUT2D eigenvalue weighted by Gasteiger charge is 2.32. The summed E-state index contributed by atoms with van der Waals surface area (Å²) in [6.07, 6.45) is 1.65. The average Bonchev–Trinajstić information content (AvgIpc) is 2.70. The third-order valence-electron chi connectivity index (χ3n) is 2.67. The predicted octanol–water partition coefficient (Wildman–Crippen LogP) is -0.191. The molecule has 0 aliphatic rings. The van der Waals surface area contributed by atoms with Crippen molar-refractivity contribution in [3.05, 3.63) is 18.0 Å². The molecular weight excluding hydrogens is 222 g/mol. The Morgan fingerprint density at radius 1 is 1.71 bits per heavy atom. The van der Waals surface area contributed by atoms with Crippen molar-refractivity contribution in [3.8, 4) is 0 Å². The number of hydrogen-bond donors (Lipinski definition) is 3. The maximum Gasteiger partial charge on any atom is 0.233 e. The van der Waals surface area contributed by atoms with Crippen LogP contribution in [0.1, 0.15) is 19.5 Å². The van der Waals surface area contributed by atoms with E-state index in [0.717, 1.165) is 5.69 Å². The standard InChI is InChI=1S/C10H17N5O2/c1-10(2,8(11)14-17)9(16)12-6-7-4-5-13-15(7)3/h4-5,17H,6H2,1-3H3,(H2,11,14)(H,12,16). The lowest BCUT2D eigenvalue weighted by atomic mass is 9.91. The smallest absolute Gasteiger partial charge is 0.233 e. The van der Waals surface area contributed by atoms with Crippen molar-refractivity contribution in [1.29, 1.82) is 0 Å². The number of nitrogens with two attached hydrogens (primary N) is 1. The van der Waals surface area contributed by atoms with Gasteiger partial charge in [-0.2, -0.15) is 5.10 Å². The lowest BCUT2D eigenvalue weighted by Gasteiger charge is -2.21. The van der Waals surface area contributed by atoms with Crippen LogP contribution in [0.25, 0.3) is 0 Å². The van der Waals surface area contributed by atoms with Crippen LogP contribution < -0.4 is 11.1 Å². The number of oxime groups is 1. The summed E-state index contributed by atoms with van der Waals surface area (Å²) in [6, 6.07) is 1.80. The monoisotopic (exact) mass is 239 g/mol. The molecule has 0 aliphatic carbocycles. The summed E-state index contributed by atoms with van der Waals surface area (Å²) in [4.78, 5) is 11.9. The largest absolute Gasteiger partial charge is 0.409 e. The molecule has 1 rings (SSSR count). The van der Waals surface area contributed by atoms with Crippen LogP contribution in [-0.2, 0) is 18.4 Å². The second kappa shape index (κ2) is 4.86. The lowest BCUT2D eigenvalue weighted by Crippen LogP contribution is -2.45. The fourth-order valence-electron chi connectivity index (χ4n) is 1.21. The number of carbonyl (C=O) groups excluding carboxylic acids is 1. The predicted molar refractivity (Wildman–Crippen MR) is 62.2 cm³/mol. The number of rotatable bonds is 4. The highest BCUT2D eigenvalue weighted by atomic mass is 16.4. The molecule has 1 heterocycles. The van der Waals surface area contributed by atoms with Gasteiger partial charge in [0.25, 0.3) is 0 Å². The summed E-state index contributed by atoms with van der Waals surface area (Å²) < 4.78 is 1.66. The Labute approximate surface area is 99.3 Å². The van der Waals surface area contributed by atoms with Gasteiger partial charge in [0.2, 0.25) is 5.91 Å². The van der Waals surface area contributed by atoms with Gasteiger partial charge in [-0.3, -0.25) is 9.48 Å². The van der Waals surface area contributed by atoms with Gasteiger partial charge in [-0.1, -0.05) is 5.16 Å². The minimum absolute atomic E-state index is 0.125. The van der Waals surface area contributed by atoms with Gasteiger partial charge in [-0.05, 0) is 19.9 Å². The molecule has 1 aromatic rings. The Kier molecular flexibility index (Phi) is 3.72. The van der Waals surface area contributed by atoms with Crippen LogP contribution >= 0.6 is 0 Å². The molecule has 0 bridgehead atoms. The summed E-state index contributed by atoms with van der Waals surface area (Å²) in [6.45, 7) is 3.51. The molecule has 0 atom stereocenters. The van der Waals surface area contributed by atoms with Crippen LogP contribution in [0.4, 0.5) is 0 Å². The number of hydrogen-bond acceptors (Lipinski definition) is 4. The summed E-state index contributed by atoms with van der Waals surface area (Å²) >= 11 is 0. The van der Waals surface area contributed by atoms with Crippen LogP contribution in [0.15, 0.2) is 17.4 Å². The Balaban J connectivity index is 2.65. The fraction of sp³-hybridized carbons (Fsp3) is 0.500. The molecule has 0 aliphatic heterocycles. The molecule has 0 saturated carbocycles. The number of amidine groups is 1. The molecule has 17 heavy (non-hydrogen) atoms. The normalized spacial score (nSPS) is 12.5. The van der Waals surface area contributed by atoms with Crippen LogP contribution in [0, 0.1) is 5.41 Å². The molecule has 4 N–H and O–H groups in total. The van der Waals surface area contributed by atoms with E-state index in [0.29, 0.717) is 6.54 Å². The summed E-state index contributed by atoms with van der Waals surface area (Å²) in [7, 11) is 1.79. The zero-order chi connectivity index (χ0) is 13.1. The van der Waals surface area contributed by atoms with Crippen molar-refractivity contribution in [3.63, 3.8) is 0 Å². The van der Waals surface area contributed by atoms with Gasteiger partial charge in [0.15, 0.2) is 5.84 Å². The summed E-state index contributed by atoms with van der Waals surface area (Å²) in [5.41, 5.74) is 5.27. The zero-order valence-corrected chi connectivity index (χ0v) is 10.1. The molecule has 0 aromatic carbocycles. The van der Waals surface area contributed by atoms with E-state index < -0.39 is 5.41 Å². The molecule has 1 amide bonds. The quantitative estimate of drug-likeness (QED) is 0.293. The summed E-state index contributed by atoms with van der Waals surface area (Å²) in [5.74, 6) is -0.436. The van der Waals surface area contributed by atoms with E-state index >= 15 is 0 Å². The van der Waals surface area contributed by atoms with E-state index in [2.05, 4.69) is 15.6 Å². The number of nitrogens with one attached hydrogen (secondary N) is 1. The third-order valence-corrected chi connectivity index (χ3v) is 2.67. The molecule has 0 fully saturated rings. The highest BCUT2D eigenvalue weighted by Crippen LogP contribution is 2.15. The average molecular weight is 239 g/mol. The molecular formula is C10H17N5O2. The van der Waals surface area contributed by atoms with Crippen LogP contribution in [0.2, 0.25) is 0 Å². The molecule has 1 aromatic heterocycles. The lowest BCUT2D eigenvalue weighted by molar-refractivity contribution is -0.126. The molecule has 0 spiro atoms. The van der Waals surface area contributed by atoms with Gasteiger partial charge in [-0.25, -0.2) is 0 Å². The minimum Gasteiger partial charge on any atom is -0.409 e. The first-order chi connectivity index (χ1) is 7.89. The van der Waals surface area contributed by atoms with Gasteiger partial charge in [0.1, 0.15) is 5.41 Å². The molecule has 7 heteroatoms. The first kappa shape index (κ1) is 13.0. The van der Waals surface area contributed by atoms with Crippen molar-refractivity contribution in [1.82, 2.24) is 15.1 Å². The molecule has 94 valence electrons. The van der Waals surface area contributed by atoms with E-state index in [1.54, 1.807) is 37.8 Å². The van der Waals surface area contributed by atoms with Crippen molar-refractivity contribution in [2.24, 2.45) is 23.4 Å². The summed E-state index contributed by atoms with van der Waals surface area (Å²) in [5, 5.41) is 18.1. The number of aryl methyl sites for hydroxylation is 1. The maximum absolute atomic E-state index is 11.9. The van der Waals surface area contributed by atoms with Crippen molar-refractivity contribution in [2.45, 2.75) is 20.4 Å². The zero-order valence-electron chi connectivity index (χ0n) is 10.1. The van der Waals surface area contributed by atoms with Crippen LogP contribution in [0.3, 0.4) is 0 Å². The van der Waals surface area contributed by atoms with E-state index in [1.165, 1.54) is 0 Å². The van der Waals surface area contributed by atoms with Crippen molar-refractivity contribution < 1.29 is 10.0 Å². The second-order valence-electron chi connectivity index (χ2n) is 4.24. The number of aromatic nitrogens is 2. The van der Waals surface area contributed by atoms with Crippen LogP contribution in [-0.4, -0.2) is 26.7 Å². The Hall–Kier alpha value is -2.05. The number of amides is 1. The maximum atomic E-state index is 11.9. The van der Waals surface area contributed by atoms with Gasteiger partial charge in [0, 0.05) is 13.2 Å². The van der Waals surface area contributed by atoms with Gasteiger partial charge in [-0.15, -0.1) is 0 Å². The van der Waals surface area contributed by atoms with Crippen LogP contribution in [0.5, 0.6) is 0 Å². The van der Waals surface area contributed by atoms with E-state index in [4.69, 9.17) is 10.9 Å². The number of carbonyl (C=O) groups is 1. The Morgan fingerprint density at radius 3 is 2.82 bits per heavy atom. The van der Waals surface area contributed by atoms with Crippen molar-refractivity contribution in [2.75, 3.05) is 0 Å². The van der Waals surface area contributed by atoms with E-state index in [9.17, 15) is 4.79 Å². The van der Waals surface area contributed by atoms with Gasteiger partial charge in [0.05, 0.1) is 12.2 Å². The van der Waals surface area contributed by atoms with E-state index in [1.807, 2.05) is 0 Å². The second-order valence-corrected chi connectivity index (χ2v) is 4.24. The molecule has 0 radical (unpaired) electrons. The highest BCUT2D eigenvalue weighted by molar-refractivity contribution is 6.05. The molecule has 7 nitrogen and oxygen atoms in total.